The van der Waals surface area contributed by atoms with Gasteiger partial charge in [0.05, 0.1) is 0 Å². The molecule has 0 saturated carbocycles. The first-order valence-electron chi connectivity index (χ1n) is 10.1. The van der Waals surface area contributed by atoms with Crippen molar-refractivity contribution in [3.8, 4) is 0 Å². The molecule has 0 aromatic carbocycles. The first-order valence-corrected chi connectivity index (χ1v) is 10.1. The number of aryl methyl sites for hydroxylation is 1. The second kappa shape index (κ2) is 6.86. The van der Waals surface area contributed by atoms with Crippen LogP contribution in [0, 0.1) is 11.8 Å². The third-order valence-electron chi connectivity index (χ3n) is 5.84. The Bertz CT molecular complexity index is 822. The Morgan fingerprint density at radius 1 is 1.15 bits per heavy atom. The number of amides is 1. The average molecular weight is 370 g/mol. The SMILES string of the molecule is CCc1cc2ccccn2c1CN1C[C@@H]2CN(C(=O)OC(C)(C)C)C[C@@H]2C1. The molecule has 0 radical (unpaired) electrons. The van der Waals surface area contributed by atoms with Crippen molar-refractivity contribution in [2.24, 2.45) is 11.8 Å². The summed E-state index contributed by atoms with van der Waals surface area (Å²) in [6, 6.07) is 8.70. The lowest BCUT2D eigenvalue weighted by Crippen LogP contribution is -2.37. The van der Waals surface area contributed by atoms with Crippen LogP contribution in [0.5, 0.6) is 0 Å². The molecule has 2 aromatic heterocycles. The molecule has 4 rings (SSSR count). The van der Waals surface area contributed by atoms with Crippen LogP contribution in [0.4, 0.5) is 4.79 Å². The Labute approximate surface area is 161 Å². The molecule has 2 aliphatic rings. The molecule has 2 fully saturated rings. The summed E-state index contributed by atoms with van der Waals surface area (Å²) in [6.45, 7) is 12.8. The number of rotatable bonds is 3. The highest BCUT2D eigenvalue weighted by molar-refractivity contribution is 5.68. The molecule has 2 saturated heterocycles. The van der Waals surface area contributed by atoms with Gasteiger partial charge in [0.1, 0.15) is 5.60 Å². The van der Waals surface area contributed by atoms with E-state index in [2.05, 4.69) is 46.7 Å². The van der Waals surface area contributed by atoms with Crippen molar-refractivity contribution in [2.75, 3.05) is 26.2 Å². The first-order chi connectivity index (χ1) is 12.8. The van der Waals surface area contributed by atoms with Gasteiger partial charge in [0.25, 0.3) is 0 Å². The number of aromatic nitrogens is 1. The highest BCUT2D eigenvalue weighted by atomic mass is 16.6. The summed E-state index contributed by atoms with van der Waals surface area (Å²) in [5, 5.41) is 0. The van der Waals surface area contributed by atoms with E-state index in [1.807, 2.05) is 25.7 Å². The number of ether oxygens (including phenoxy) is 1. The summed E-state index contributed by atoms with van der Waals surface area (Å²) in [7, 11) is 0. The Morgan fingerprint density at radius 2 is 1.85 bits per heavy atom. The van der Waals surface area contributed by atoms with E-state index in [4.69, 9.17) is 4.74 Å². The molecule has 0 aliphatic carbocycles. The Morgan fingerprint density at radius 3 is 2.48 bits per heavy atom. The van der Waals surface area contributed by atoms with Crippen LogP contribution in [0.15, 0.2) is 30.5 Å². The molecule has 5 heteroatoms. The summed E-state index contributed by atoms with van der Waals surface area (Å²) >= 11 is 0. The van der Waals surface area contributed by atoms with Gasteiger partial charge in [-0.25, -0.2) is 4.79 Å². The van der Waals surface area contributed by atoms with Gasteiger partial charge in [-0.05, 0) is 62.8 Å². The van der Waals surface area contributed by atoms with E-state index < -0.39 is 5.60 Å². The molecular formula is C22H31N3O2. The largest absolute Gasteiger partial charge is 0.444 e. The van der Waals surface area contributed by atoms with Crippen LogP contribution in [-0.4, -0.2) is 52.1 Å². The second-order valence-electron chi connectivity index (χ2n) is 9.06. The number of hydrogen-bond acceptors (Lipinski definition) is 3. The van der Waals surface area contributed by atoms with Gasteiger partial charge in [-0.15, -0.1) is 0 Å². The van der Waals surface area contributed by atoms with Crippen LogP contribution in [0.25, 0.3) is 5.52 Å². The van der Waals surface area contributed by atoms with E-state index in [1.54, 1.807) is 0 Å². The van der Waals surface area contributed by atoms with Crippen LogP contribution in [-0.2, 0) is 17.7 Å². The molecule has 2 aromatic rings. The average Bonchev–Trinajstić information content (AvgIpc) is 3.25. The zero-order chi connectivity index (χ0) is 19.2. The normalized spacial score (nSPS) is 23.2. The summed E-state index contributed by atoms with van der Waals surface area (Å²) in [4.78, 5) is 16.8. The fraction of sp³-hybridized carbons (Fsp3) is 0.591. The molecular weight excluding hydrogens is 338 g/mol. The molecule has 4 heterocycles. The fourth-order valence-electron chi connectivity index (χ4n) is 4.63. The number of carbonyl (C=O) groups is 1. The van der Waals surface area contributed by atoms with Crippen molar-refractivity contribution in [3.63, 3.8) is 0 Å². The van der Waals surface area contributed by atoms with E-state index >= 15 is 0 Å². The van der Waals surface area contributed by atoms with Gasteiger partial charge in [-0.3, -0.25) is 4.90 Å². The Hall–Kier alpha value is -2.01. The molecule has 2 aliphatic heterocycles. The molecule has 0 spiro atoms. The maximum absolute atomic E-state index is 12.3. The van der Waals surface area contributed by atoms with Gasteiger partial charge in [0, 0.05) is 50.1 Å². The van der Waals surface area contributed by atoms with Crippen molar-refractivity contribution >= 4 is 11.6 Å². The van der Waals surface area contributed by atoms with Crippen LogP contribution in [0.2, 0.25) is 0 Å². The summed E-state index contributed by atoms with van der Waals surface area (Å²) in [5.41, 5.74) is 3.71. The van der Waals surface area contributed by atoms with Gasteiger partial charge < -0.3 is 14.0 Å². The fourth-order valence-corrected chi connectivity index (χ4v) is 4.63. The van der Waals surface area contributed by atoms with Gasteiger partial charge in [-0.2, -0.15) is 0 Å². The van der Waals surface area contributed by atoms with Crippen molar-refractivity contribution in [3.05, 3.63) is 41.7 Å². The highest BCUT2D eigenvalue weighted by Gasteiger charge is 2.42. The van der Waals surface area contributed by atoms with Crippen molar-refractivity contribution < 1.29 is 9.53 Å². The minimum Gasteiger partial charge on any atom is -0.444 e. The van der Waals surface area contributed by atoms with E-state index in [1.165, 1.54) is 16.8 Å². The van der Waals surface area contributed by atoms with E-state index in [0.717, 1.165) is 39.1 Å². The summed E-state index contributed by atoms with van der Waals surface area (Å²) in [5.74, 6) is 1.13. The maximum atomic E-state index is 12.3. The molecule has 2 atom stereocenters. The number of nitrogens with zero attached hydrogens (tertiary/aromatic N) is 3. The Kier molecular flexibility index (Phi) is 4.66. The first kappa shape index (κ1) is 18.4. The van der Waals surface area contributed by atoms with Gasteiger partial charge in [-0.1, -0.05) is 13.0 Å². The topological polar surface area (TPSA) is 37.2 Å². The monoisotopic (exact) mass is 369 g/mol. The quantitative estimate of drug-likeness (QED) is 0.826. The standard InChI is InChI=1S/C22H31N3O2/c1-5-16-10-19-8-6-7-9-25(19)20(16)15-23-11-17-13-24(14-18(17)12-23)21(26)27-22(2,3)4/h6-10,17-18H,5,11-15H2,1-4H3/t17-,18+. The van der Waals surface area contributed by atoms with Gasteiger partial charge in [0.15, 0.2) is 0 Å². The summed E-state index contributed by atoms with van der Waals surface area (Å²) in [6.07, 6.45) is 3.07. The second-order valence-corrected chi connectivity index (χ2v) is 9.06. The highest BCUT2D eigenvalue weighted by Crippen LogP contribution is 2.33. The van der Waals surface area contributed by atoms with Gasteiger partial charge >= 0.3 is 6.09 Å². The zero-order valence-electron chi connectivity index (χ0n) is 16.9. The lowest BCUT2D eigenvalue weighted by molar-refractivity contribution is 0.0274. The molecule has 0 N–H and O–H groups in total. The minimum absolute atomic E-state index is 0.158. The van der Waals surface area contributed by atoms with E-state index in [9.17, 15) is 4.79 Å². The lowest BCUT2D eigenvalue weighted by atomic mass is 10.0. The van der Waals surface area contributed by atoms with Crippen LogP contribution in [0.1, 0.15) is 39.0 Å². The molecule has 0 unspecified atom stereocenters. The molecule has 27 heavy (non-hydrogen) atoms. The zero-order valence-corrected chi connectivity index (χ0v) is 16.9. The van der Waals surface area contributed by atoms with Crippen LogP contribution in [0.3, 0.4) is 0 Å². The maximum Gasteiger partial charge on any atom is 0.410 e. The molecule has 146 valence electrons. The third-order valence-corrected chi connectivity index (χ3v) is 5.84. The number of hydrogen-bond donors (Lipinski definition) is 0. The van der Waals surface area contributed by atoms with E-state index in [-0.39, 0.29) is 6.09 Å². The van der Waals surface area contributed by atoms with Crippen molar-refractivity contribution in [1.29, 1.82) is 0 Å². The number of likely N-dealkylation sites (tertiary alicyclic amines) is 2. The minimum atomic E-state index is -0.423. The van der Waals surface area contributed by atoms with Crippen molar-refractivity contribution in [2.45, 2.75) is 46.3 Å². The molecule has 1 amide bonds. The smallest absolute Gasteiger partial charge is 0.410 e. The van der Waals surface area contributed by atoms with Gasteiger partial charge in [0.2, 0.25) is 0 Å². The molecule has 5 nitrogen and oxygen atoms in total. The predicted octanol–water partition coefficient (Wildman–Crippen LogP) is 3.80. The summed E-state index contributed by atoms with van der Waals surface area (Å²) < 4.78 is 7.88. The number of fused-ring (bicyclic) bond motifs is 2. The van der Waals surface area contributed by atoms with Crippen LogP contribution >= 0.6 is 0 Å². The number of pyridine rings is 1. The van der Waals surface area contributed by atoms with Crippen molar-refractivity contribution in [1.82, 2.24) is 14.2 Å². The number of carbonyl (C=O) groups excluding carboxylic acids is 1. The predicted molar refractivity (Wildman–Crippen MR) is 107 cm³/mol. The molecule has 0 bridgehead atoms. The Balaban J connectivity index is 1.41. The lowest BCUT2D eigenvalue weighted by Gasteiger charge is -2.26. The van der Waals surface area contributed by atoms with Crippen LogP contribution < -0.4 is 0 Å². The van der Waals surface area contributed by atoms with E-state index in [0.29, 0.717) is 11.8 Å². The third kappa shape index (κ3) is 3.70.